The van der Waals surface area contributed by atoms with E-state index in [9.17, 15) is 4.79 Å². The summed E-state index contributed by atoms with van der Waals surface area (Å²) in [6.45, 7) is 0. The zero-order valence-corrected chi connectivity index (χ0v) is 12.6. The van der Waals surface area contributed by atoms with Gasteiger partial charge in [0.15, 0.2) is 0 Å². The first-order chi connectivity index (χ1) is 8.49. The van der Waals surface area contributed by atoms with Crippen molar-refractivity contribution >= 4 is 57.7 Å². The SMILES string of the molecule is NC(=S)C1CCCC1NC(=O)c1cc(Cl)sc1Cl. The average Bonchev–Trinajstić information content (AvgIpc) is 2.85. The van der Waals surface area contributed by atoms with Crippen molar-refractivity contribution in [2.45, 2.75) is 25.3 Å². The maximum atomic E-state index is 12.1. The zero-order chi connectivity index (χ0) is 13.3. The number of nitrogens with two attached hydrogens (primary N) is 1. The predicted molar refractivity (Wildman–Crippen MR) is 79.7 cm³/mol. The largest absolute Gasteiger partial charge is 0.393 e. The monoisotopic (exact) mass is 322 g/mol. The molecule has 1 aromatic rings. The van der Waals surface area contributed by atoms with Crippen molar-refractivity contribution in [3.05, 3.63) is 20.3 Å². The Morgan fingerprint density at radius 2 is 2.22 bits per heavy atom. The molecule has 1 fully saturated rings. The Hall–Kier alpha value is -0.360. The Labute approximate surface area is 125 Å². The van der Waals surface area contributed by atoms with E-state index in [2.05, 4.69) is 5.32 Å². The Kier molecular flexibility index (Phi) is 4.48. The first-order valence-corrected chi connectivity index (χ1v) is 7.52. The third-order valence-corrected chi connectivity index (χ3v) is 4.89. The highest BCUT2D eigenvalue weighted by atomic mass is 35.5. The van der Waals surface area contributed by atoms with Crippen molar-refractivity contribution in [3.8, 4) is 0 Å². The van der Waals surface area contributed by atoms with Gasteiger partial charge in [-0.1, -0.05) is 41.8 Å². The molecule has 98 valence electrons. The van der Waals surface area contributed by atoms with E-state index >= 15 is 0 Å². The van der Waals surface area contributed by atoms with Crippen LogP contribution in [0.5, 0.6) is 0 Å². The second kappa shape index (κ2) is 5.74. The zero-order valence-electron chi connectivity index (χ0n) is 9.41. The molecular formula is C11H12Cl2N2OS2. The van der Waals surface area contributed by atoms with Gasteiger partial charge in [0.2, 0.25) is 0 Å². The minimum absolute atomic E-state index is 0.00439. The number of rotatable bonds is 3. The molecule has 0 spiro atoms. The maximum Gasteiger partial charge on any atom is 0.253 e. The molecule has 0 saturated heterocycles. The molecule has 0 aliphatic heterocycles. The Morgan fingerprint density at radius 1 is 1.50 bits per heavy atom. The van der Waals surface area contributed by atoms with Gasteiger partial charge in [-0.15, -0.1) is 11.3 Å². The van der Waals surface area contributed by atoms with Crippen LogP contribution in [0.25, 0.3) is 0 Å². The lowest BCUT2D eigenvalue weighted by Crippen LogP contribution is -2.41. The molecule has 1 aliphatic carbocycles. The number of hydrogen-bond donors (Lipinski definition) is 2. The summed E-state index contributed by atoms with van der Waals surface area (Å²) in [6.07, 6.45) is 2.84. The fourth-order valence-corrected chi connectivity index (χ4v) is 3.96. The summed E-state index contributed by atoms with van der Waals surface area (Å²) in [7, 11) is 0. The average molecular weight is 323 g/mol. The molecule has 0 aromatic carbocycles. The summed E-state index contributed by atoms with van der Waals surface area (Å²) >= 11 is 18.0. The normalized spacial score (nSPS) is 23.0. The molecule has 18 heavy (non-hydrogen) atoms. The number of carbonyl (C=O) groups excluding carboxylic acids is 1. The molecule has 2 rings (SSSR count). The van der Waals surface area contributed by atoms with E-state index in [0.29, 0.717) is 19.2 Å². The number of thiophene rings is 1. The highest BCUT2D eigenvalue weighted by Crippen LogP contribution is 2.32. The maximum absolute atomic E-state index is 12.1. The molecule has 1 saturated carbocycles. The summed E-state index contributed by atoms with van der Waals surface area (Å²) in [5, 5.41) is 2.94. The van der Waals surface area contributed by atoms with Crippen LogP contribution < -0.4 is 11.1 Å². The van der Waals surface area contributed by atoms with Gasteiger partial charge in [0.1, 0.15) is 4.34 Å². The van der Waals surface area contributed by atoms with Gasteiger partial charge >= 0.3 is 0 Å². The minimum atomic E-state index is -0.212. The van der Waals surface area contributed by atoms with Gasteiger partial charge in [-0.05, 0) is 18.9 Å². The van der Waals surface area contributed by atoms with Crippen LogP contribution in [0.3, 0.4) is 0 Å². The van der Waals surface area contributed by atoms with Crippen molar-refractivity contribution in [2.24, 2.45) is 11.7 Å². The van der Waals surface area contributed by atoms with E-state index in [1.807, 2.05) is 0 Å². The first-order valence-electron chi connectivity index (χ1n) is 5.54. The molecule has 2 atom stereocenters. The van der Waals surface area contributed by atoms with Crippen LogP contribution in [-0.2, 0) is 0 Å². The van der Waals surface area contributed by atoms with Gasteiger partial charge in [0.05, 0.1) is 14.9 Å². The molecule has 1 heterocycles. The van der Waals surface area contributed by atoms with Crippen LogP contribution >= 0.6 is 46.8 Å². The molecular weight excluding hydrogens is 311 g/mol. The van der Waals surface area contributed by atoms with Gasteiger partial charge in [-0.25, -0.2) is 0 Å². The van der Waals surface area contributed by atoms with E-state index in [0.717, 1.165) is 19.3 Å². The van der Waals surface area contributed by atoms with E-state index < -0.39 is 0 Å². The lowest BCUT2D eigenvalue weighted by Gasteiger charge is -2.19. The van der Waals surface area contributed by atoms with Crippen LogP contribution in [0.4, 0.5) is 0 Å². The molecule has 1 aromatic heterocycles. The van der Waals surface area contributed by atoms with Crippen LogP contribution in [0.1, 0.15) is 29.6 Å². The molecule has 7 heteroatoms. The predicted octanol–water partition coefficient (Wildman–Crippen LogP) is 3.24. The number of halogens is 2. The number of hydrogen-bond acceptors (Lipinski definition) is 3. The Bertz CT molecular complexity index is 489. The fourth-order valence-electron chi connectivity index (χ4n) is 2.21. The van der Waals surface area contributed by atoms with Crippen molar-refractivity contribution < 1.29 is 4.79 Å². The standard InChI is InChI=1S/C11H12Cl2N2OS2/c12-8-4-6(9(13)18-8)11(16)15-7-3-1-2-5(7)10(14)17/h4-5,7H,1-3H2,(H2,14,17)(H,15,16). The third kappa shape index (κ3) is 2.96. The molecule has 3 N–H and O–H groups in total. The molecule has 3 nitrogen and oxygen atoms in total. The van der Waals surface area contributed by atoms with Crippen molar-refractivity contribution in [1.29, 1.82) is 0 Å². The molecule has 2 unspecified atom stereocenters. The molecule has 0 bridgehead atoms. The van der Waals surface area contributed by atoms with Crippen LogP contribution in [-0.4, -0.2) is 16.9 Å². The third-order valence-electron chi connectivity index (χ3n) is 3.10. The number of carbonyl (C=O) groups is 1. The molecule has 0 radical (unpaired) electrons. The van der Waals surface area contributed by atoms with Crippen LogP contribution in [0, 0.1) is 5.92 Å². The highest BCUT2D eigenvalue weighted by Gasteiger charge is 2.31. The lowest BCUT2D eigenvalue weighted by molar-refractivity contribution is 0.0934. The Balaban J connectivity index is 2.07. The van der Waals surface area contributed by atoms with E-state index in [-0.39, 0.29) is 17.9 Å². The summed E-state index contributed by atoms with van der Waals surface area (Å²) in [6, 6.07) is 1.58. The van der Waals surface area contributed by atoms with Gasteiger partial charge < -0.3 is 11.1 Å². The second-order valence-electron chi connectivity index (χ2n) is 4.26. The lowest BCUT2D eigenvalue weighted by atomic mass is 10.0. The Morgan fingerprint density at radius 3 is 2.78 bits per heavy atom. The summed E-state index contributed by atoms with van der Waals surface area (Å²) in [5.41, 5.74) is 6.09. The van der Waals surface area contributed by atoms with Crippen molar-refractivity contribution in [2.75, 3.05) is 0 Å². The molecule has 1 amide bonds. The summed E-state index contributed by atoms with van der Waals surface area (Å²) in [4.78, 5) is 12.5. The van der Waals surface area contributed by atoms with Crippen molar-refractivity contribution in [1.82, 2.24) is 5.32 Å². The highest BCUT2D eigenvalue weighted by molar-refractivity contribution is 7.80. The van der Waals surface area contributed by atoms with E-state index in [1.54, 1.807) is 6.07 Å². The van der Waals surface area contributed by atoms with Crippen LogP contribution in [0.15, 0.2) is 6.07 Å². The number of thiocarbonyl (C=S) groups is 1. The number of nitrogens with one attached hydrogen (secondary N) is 1. The quantitative estimate of drug-likeness (QED) is 0.840. The van der Waals surface area contributed by atoms with E-state index in [1.165, 1.54) is 11.3 Å². The summed E-state index contributed by atoms with van der Waals surface area (Å²) < 4.78 is 0.907. The van der Waals surface area contributed by atoms with Crippen LogP contribution in [0.2, 0.25) is 8.67 Å². The topological polar surface area (TPSA) is 55.1 Å². The first kappa shape index (κ1) is 14.1. The second-order valence-corrected chi connectivity index (χ2v) is 7.01. The van der Waals surface area contributed by atoms with Crippen molar-refractivity contribution in [3.63, 3.8) is 0 Å². The van der Waals surface area contributed by atoms with Gasteiger partial charge in [0, 0.05) is 12.0 Å². The van der Waals surface area contributed by atoms with Gasteiger partial charge in [0.25, 0.3) is 5.91 Å². The summed E-state index contributed by atoms with van der Waals surface area (Å²) in [5.74, 6) is -0.131. The smallest absolute Gasteiger partial charge is 0.253 e. The molecule has 1 aliphatic rings. The number of amides is 1. The van der Waals surface area contributed by atoms with E-state index in [4.69, 9.17) is 41.2 Å². The van der Waals surface area contributed by atoms with Gasteiger partial charge in [-0.2, -0.15) is 0 Å². The fraction of sp³-hybridized carbons (Fsp3) is 0.455. The minimum Gasteiger partial charge on any atom is -0.393 e. The van der Waals surface area contributed by atoms with Gasteiger partial charge in [-0.3, -0.25) is 4.79 Å².